The molecule has 2 heterocycles. The lowest BCUT2D eigenvalue weighted by Gasteiger charge is -2.10. The minimum Gasteiger partial charge on any atom is -0.399 e. The Labute approximate surface area is 131 Å². The van der Waals surface area contributed by atoms with Crippen LogP contribution in [0.2, 0.25) is 0 Å². The van der Waals surface area contributed by atoms with E-state index in [9.17, 15) is 10.1 Å². The zero-order valence-electron chi connectivity index (χ0n) is 12.3. The van der Waals surface area contributed by atoms with E-state index in [1.54, 1.807) is 47.3 Å². The molecule has 0 fully saturated rings. The average molecular weight is 310 g/mol. The summed E-state index contributed by atoms with van der Waals surface area (Å²) in [6.45, 7) is 1.83. The number of pyridine rings is 1. The van der Waals surface area contributed by atoms with Crippen LogP contribution < -0.4 is 11.1 Å². The number of benzene rings is 1. The average Bonchev–Trinajstić information content (AvgIpc) is 2.93. The van der Waals surface area contributed by atoms with Crippen molar-refractivity contribution in [3.05, 3.63) is 64.7 Å². The zero-order valence-corrected chi connectivity index (χ0v) is 12.3. The number of aryl methyl sites for hydroxylation is 1. The van der Waals surface area contributed by atoms with Crippen molar-refractivity contribution in [2.45, 2.75) is 6.92 Å². The van der Waals surface area contributed by atoms with Crippen LogP contribution in [0.4, 0.5) is 22.9 Å². The Bertz CT molecular complexity index is 874. The first-order chi connectivity index (χ1) is 11.0. The number of hydrogen-bond acceptors (Lipinski definition) is 6. The Balaban J connectivity index is 2.05. The van der Waals surface area contributed by atoms with E-state index in [4.69, 9.17) is 5.73 Å². The van der Waals surface area contributed by atoms with Gasteiger partial charge in [-0.3, -0.25) is 14.7 Å². The van der Waals surface area contributed by atoms with Crippen LogP contribution in [0.5, 0.6) is 0 Å². The van der Waals surface area contributed by atoms with Gasteiger partial charge < -0.3 is 11.1 Å². The van der Waals surface area contributed by atoms with Crippen LogP contribution in [0.3, 0.4) is 0 Å². The molecule has 0 aliphatic heterocycles. The van der Waals surface area contributed by atoms with E-state index in [1.165, 1.54) is 6.07 Å². The third kappa shape index (κ3) is 2.95. The van der Waals surface area contributed by atoms with Gasteiger partial charge in [0.15, 0.2) is 0 Å². The lowest BCUT2D eigenvalue weighted by Crippen LogP contribution is -2.05. The molecule has 0 aliphatic rings. The summed E-state index contributed by atoms with van der Waals surface area (Å²) in [6, 6.07) is 9.93. The number of rotatable bonds is 4. The molecule has 0 saturated heterocycles. The monoisotopic (exact) mass is 310 g/mol. The van der Waals surface area contributed by atoms with Crippen LogP contribution in [0, 0.1) is 17.0 Å². The Morgan fingerprint density at radius 2 is 2.13 bits per heavy atom. The molecule has 0 aliphatic carbocycles. The van der Waals surface area contributed by atoms with Crippen molar-refractivity contribution >= 4 is 22.9 Å². The van der Waals surface area contributed by atoms with E-state index in [-0.39, 0.29) is 11.5 Å². The normalized spacial score (nSPS) is 10.5. The highest BCUT2D eigenvalue weighted by Gasteiger charge is 2.17. The second kappa shape index (κ2) is 5.76. The van der Waals surface area contributed by atoms with Gasteiger partial charge in [0.05, 0.1) is 4.92 Å². The Kier molecular flexibility index (Phi) is 3.63. The molecule has 0 amide bonds. The van der Waals surface area contributed by atoms with Crippen molar-refractivity contribution in [1.29, 1.82) is 0 Å². The van der Waals surface area contributed by atoms with Crippen LogP contribution in [-0.4, -0.2) is 19.5 Å². The number of nitrogens with zero attached hydrogens (tertiary/aromatic N) is 4. The predicted molar refractivity (Wildman–Crippen MR) is 86.9 cm³/mol. The summed E-state index contributed by atoms with van der Waals surface area (Å²) in [7, 11) is 0. The van der Waals surface area contributed by atoms with Gasteiger partial charge in [-0.1, -0.05) is 6.07 Å². The molecule has 23 heavy (non-hydrogen) atoms. The molecule has 1 aromatic carbocycles. The minimum absolute atomic E-state index is 0.117. The van der Waals surface area contributed by atoms with Gasteiger partial charge in [-0.05, 0) is 31.2 Å². The highest BCUT2D eigenvalue weighted by molar-refractivity contribution is 5.68. The van der Waals surface area contributed by atoms with Gasteiger partial charge >= 0.3 is 5.69 Å². The number of nitro groups is 1. The van der Waals surface area contributed by atoms with Gasteiger partial charge in [-0.25, -0.2) is 9.97 Å². The third-order valence-corrected chi connectivity index (χ3v) is 3.28. The summed E-state index contributed by atoms with van der Waals surface area (Å²) in [5.41, 5.74) is 6.79. The summed E-state index contributed by atoms with van der Waals surface area (Å²) in [6.07, 6.45) is 3.39. The van der Waals surface area contributed by atoms with Crippen LogP contribution >= 0.6 is 0 Å². The lowest BCUT2D eigenvalue weighted by molar-refractivity contribution is -0.384. The maximum atomic E-state index is 11.2. The fourth-order valence-electron chi connectivity index (χ4n) is 2.19. The van der Waals surface area contributed by atoms with Crippen LogP contribution in [-0.2, 0) is 0 Å². The number of anilines is 3. The molecule has 0 saturated carbocycles. The van der Waals surface area contributed by atoms with E-state index < -0.39 is 4.92 Å². The molecule has 8 nitrogen and oxygen atoms in total. The summed E-state index contributed by atoms with van der Waals surface area (Å²) in [5.74, 6) is 1.42. The maximum Gasteiger partial charge on any atom is 0.311 e. The molecular weight excluding hydrogens is 296 g/mol. The first kappa shape index (κ1) is 14.5. The standard InChI is InChI=1S/C15H14N6O2/c1-10-17-7-8-20(10)14-6-5-13(21(22)23)15(19-14)18-12-4-2-3-11(16)9-12/h2-9H,16H2,1H3,(H,18,19). The van der Waals surface area contributed by atoms with Crippen LogP contribution in [0.1, 0.15) is 5.82 Å². The van der Waals surface area contributed by atoms with E-state index in [0.29, 0.717) is 17.2 Å². The number of nitrogens with two attached hydrogens (primary N) is 1. The van der Waals surface area contributed by atoms with E-state index in [1.807, 2.05) is 6.92 Å². The molecule has 3 rings (SSSR count). The fraction of sp³-hybridized carbons (Fsp3) is 0.0667. The maximum absolute atomic E-state index is 11.2. The second-order valence-electron chi connectivity index (χ2n) is 4.89. The number of nitrogens with one attached hydrogen (secondary N) is 1. The van der Waals surface area contributed by atoms with Crippen LogP contribution in [0.25, 0.3) is 5.82 Å². The van der Waals surface area contributed by atoms with Crippen molar-refractivity contribution in [2.24, 2.45) is 0 Å². The molecule has 3 N–H and O–H groups in total. The van der Waals surface area contributed by atoms with Crippen LogP contribution in [0.15, 0.2) is 48.8 Å². The highest BCUT2D eigenvalue weighted by atomic mass is 16.6. The van der Waals surface area contributed by atoms with Crippen molar-refractivity contribution in [2.75, 3.05) is 11.1 Å². The number of hydrogen-bond donors (Lipinski definition) is 2. The first-order valence-electron chi connectivity index (χ1n) is 6.83. The molecule has 0 spiro atoms. The van der Waals surface area contributed by atoms with Gasteiger partial charge in [0, 0.05) is 29.8 Å². The number of nitrogen functional groups attached to an aromatic ring is 1. The molecule has 0 bridgehead atoms. The Morgan fingerprint density at radius 1 is 1.30 bits per heavy atom. The molecule has 0 unspecified atom stereocenters. The van der Waals surface area contributed by atoms with Crippen molar-refractivity contribution < 1.29 is 4.92 Å². The largest absolute Gasteiger partial charge is 0.399 e. The Morgan fingerprint density at radius 3 is 2.78 bits per heavy atom. The van der Waals surface area contributed by atoms with Gasteiger partial charge in [-0.2, -0.15) is 0 Å². The van der Waals surface area contributed by atoms with Crippen molar-refractivity contribution in [3.63, 3.8) is 0 Å². The van der Waals surface area contributed by atoms with Gasteiger partial charge in [-0.15, -0.1) is 0 Å². The van der Waals surface area contributed by atoms with Gasteiger partial charge in [0.1, 0.15) is 11.6 Å². The predicted octanol–water partition coefficient (Wildman–Crippen LogP) is 2.81. The fourth-order valence-corrected chi connectivity index (χ4v) is 2.19. The first-order valence-corrected chi connectivity index (χ1v) is 6.83. The highest BCUT2D eigenvalue weighted by Crippen LogP contribution is 2.27. The molecule has 8 heteroatoms. The van der Waals surface area contributed by atoms with Crippen molar-refractivity contribution in [3.8, 4) is 5.82 Å². The second-order valence-corrected chi connectivity index (χ2v) is 4.89. The number of imidazole rings is 1. The molecule has 2 aromatic heterocycles. The summed E-state index contributed by atoms with van der Waals surface area (Å²) >= 11 is 0. The quantitative estimate of drug-likeness (QED) is 0.435. The molecule has 0 atom stereocenters. The zero-order chi connectivity index (χ0) is 16.4. The lowest BCUT2D eigenvalue weighted by atomic mass is 10.2. The third-order valence-electron chi connectivity index (χ3n) is 3.28. The molecule has 116 valence electrons. The van der Waals surface area contributed by atoms with Crippen molar-refractivity contribution in [1.82, 2.24) is 14.5 Å². The van der Waals surface area contributed by atoms with E-state index >= 15 is 0 Å². The summed E-state index contributed by atoms with van der Waals surface area (Å²) < 4.78 is 1.74. The molecule has 3 aromatic rings. The van der Waals surface area contributed by atoms with E-state index in [0.717, 1.165) is 5.82 Å². The molecular formula is C15H14N6O2. The molecule has 0 radical (unpaired) electrons. The summed E-state index contributed by atoms with van der Waals surface area (Å²) in [4.78, 5) is 19.2. The van der Waals surface area contributed by atoms with Gasteiger partial charge in [0.25, 0.3) is 0 Å². The SMILES string of the molecule is Cc1nccn1-c1ccc([N+](=O)[O-])c(Nc2cccc(N)c2)n1. The topological polar surface area (TPSA) is 112 Å². The number of aromatic nitrogens is 3. The van der Waals surface area contributed by atoms with Gasteiger partial charge in [0.2, 0.25) is 5.82 Å². The smallest absolute Gasteiger partial charge is 0.311 e. The Hall–Kier alpha value is -3.42. The van der Waals surface area contributed by atoms with E-state index in [2.05, 4.69) is 15.3 Å². The summed E-state index contributed by atoms with van der Waals surface area (Å²) in [5, 5.41) is 14.2. The minimum atomic E-state index is -0.480.